The lowest BCUT2D eigenvalue weighted by molar-refractivity contribution is -0.763. The Morgan fingerprint density at radius 2 is 1.89 bits per heavy atom. The molecule has 4 heteroatoms. The summed E-state index contributed by atoms with van der Waals surface area (Å²) in [5.74, 6) is 0. The van der Waals surface area contributed by atoms with Gasteiger partial charge in [-0.05, 0) is 34.2 Å². The summed E-state index contributed by atoms with van der Waals surface area (Å²) >= 11 is 0. The largest absolute Gasteiger partial charge is 0.309 e. The van der Waals surface area contributed by atoms with Gasteiger partial charge in [0.2, 0.25) is 0 Å². The van der Waals surface area contributed by atoms with Crippen LogP contribution in [0.4, 0.5) is 0 Å². The molecule has 0 heterocycles. The van der Waals surface area contributed by atoms with Crippen LogP contribution in [0.3, 0.4) is 0 Å². The number of hydrogen-bond donors (Lipinski definition) is 0. The molecule has 0 saturated heterocycles. The van der Waals surface area contributed by atoms with Crippen LogP contribution in [-0.2, 0) is 17.9 Å². The smallest absolute Gasteiger partial charge is 0.294 e. The molecule has 3 rings (SSSR count). The molecule has 0 atom stereocenters. The number of fused-ring (bicyclic) bond motifs is 3. The van der Waals surface area contributed by atoms with E-state index < -0.39 is 5.09 Å². The summed E-state index contributed by atoms with van der Waals surface area (Å²) in [5, 5.41) is 9.53. The van der Waals surface area contributed by atoms with Gasteiger partial charge in [-0.1, -0.05) is 42.5 Å². The van der Waals surface area contributed by atoms with Gasteiger partial charge >= 0.3 is 0 Å². The molecule has 0 saturated carbocycles. The quantitative estimate of drug-likeness (QED) is 0.523. The predicted molar refractivity (Wildman–Crippen MR) is 66.5 cm³/mol. The van der Waals surface area contributed by atoms with Crippen molar-refractivity contribution in [1.29, 1.82) is 0 Å². The topological polar surface area (TPSA) is 52.4 Å². The van der Waals surface area contributed by atoms with Crippen molar-refractivity contribution in [3.63, 3.8) is 0 Å². The van der Waals surface area contributed by atoms with Crippen molar-refractivity contribution >= 4 is 0 Å². The van der Waals surface area contributed by atoms with E-state index in [-0.39, 0.29) is 6.61 Å². The molecule has 0 aromatic heterocycles. The summed E-state index contributed by atoms with van der Waals surface area (Å²) in [6, 6.07) is 14.0. The molecular formula is C14H11NO3. The molecule has 0 N–H and O–H groups in total. The normalized spacial score (nSPS) is 11.8. The van der Waals surface area contributed by atoms with Crippen molar-refractivity contribution in [2.75, 3.05) is 0 Å². The van der Waals surface area contributed by atoms with E-state index in [9.17, 15) is 10.1 Å². The van der Waals surface area contributed by atoms with Crippen LogP contribution in [-0.4, -0.2) is 5.09 Å². The fourth-order valence-electron chi connectivity index (χ4n) is 2.48. The van der Waals surface area contributed by atoms with Crippen LogP contribution in [0.15, 0.2) is 42.5 Å². The van der Waals surface area contributed by atoms with Crippen LogP contribution in [0.5, 0.6) is 0 Å². The van der Waals surface area contributed by atoms with E-state index in [1.165, 1.54) is 11.1 Å². The molecule has 0 aliphatic heterocycles. The Morgan fingerprint density at radius 3 is 2.72 bits per heavy atom. The van der Waals surface area contributed by atoms with E-state index in [0.29, 0.717) is 0 Å². The van der Waals surface area contributed by atoms with Gasteiger partial charge in [-0.15, -0.1) is 10.1 Å². The highest BCUT2D eigenvalue weighted by atomic mass is 16.9. The molecule has 0 fully saturated rings. The fourth-order valence-corrected chi connectivity index (χ4v) is 2.48. The van der Waals surface area contributed by atoms with Crippen molar-refractivity contribution < 1.29 is 9.92 Å². The first-order valence-corrected chi connectivity index (χ1v) is 5.72. The van der Waals surface area contributed by atoms with Crippen molar-refractivity contribution in [3.05, 3.63) is 69.3 Å². The van der Waals surface area contributed by atoms with E-state index >= 15 is 0 Å². The monoisotopic (exact) mass is 241 g/mol. The molecule has 1 aliphatic carbocycles. The highest BCUT2D eigenvalue weighted by Gasteiger charge is 2.20. The molecule has 0 unspecified atom stereocenters. The number of hydrogen-bond acceptors (Lipinski definition) is 3. The van der Waals surface area contributed by atoms with Gasteiger partial charge in [-0.2, -0.15) is 0 Å². The lowest BCUT2D eigenvalue weighted by Crippen LogP contribution is -2.02. The van der Waals surface area contributed by atoms with Gasteiger partial charge in [0.1, 0.15) is 6.61 Å². The standard InChI is InChI=1S/C14H11NO3/c16-15(17)18-9-11-5-3-7-13-12-6-2-1-4-10(12)8-14(11)13/h1-7H,8-9H2. The Bertz CT molecular complexity index is 622. The van der Waals surface area contributed by atoms with Crippen LogP contribution in [0.25, 0.3) is 11.1 Å². The van der Waals surface area contributed by atoms with Crippen LogP contribution >= 0.6 is 0 Å². The van der Waals surface area contributed by atoms with E-state index in [1.54, 1.807) is 0 Å². The summed E-state index contributed by atoms with van der Waals surface area (Å²) in [7, 11) is 0. The summed E-state index contributed by atoms with van der Waals surface area (Å²) in [4.78, 5) is 14.7. The average Bonchev–Trinajstić information content (AvgIpc) is 2.75. The van der Waals surface area contributed by atoms with Gasteiger partial charge in [0, 0.05) is 0 Å². The van der Waals surface area contributed by atoms with E-state index in [4.69, 9.17) is 0 Å². The van der Waals surface area contributed by atoms with Crippen LogP contribution in [0.1, 0.15) is 16.7 Å². The molecule has 1 aliphatic rings. The minimum Gasteiger partial charge on any atom is -0.309 e. The second kappa shape index (κ2) is 4.14. The first-order chi connectivity index (χ1) is 8.75. The number of benzene rings is 2. The van der Waals surface area contributed by atoms with Crippen LogP contribution in [0, 0.1) is 10.1 Å². The van der Waals surface area contributed by atoms with Crippen molar-refractivity contribution in [2.45, 2.75) is 13.0 Å². The average molecular weight is 241 g/mol. The first-order valence-electron chi connectivity index (χ1n) is 5.72. The van der Waals surface area contributed by atoms with Crippen molar-refractivity contribution in [3.8, 4) is 11.1 Å². The minimum atomic E-state index is -0.749. The maximum Gasteiger partial charge on any atom is 0.294 e. The Morgan fingerprint density at radius 1 is 1.11 bits per heavy atom. The van der Waals surface area contributed by atoms with Crippen molar-refractivity contribution in [2.24, 2.45) is 0 Å². The zero-order chi connectivity index (χ0) is 12.5. The molecule has 0 radical (unpaired) electrons. The second-order valence-corrected chi connectivity index (χ2v) is 4.27. The zero-order valence-corrected chi connectivity index (χ0v) is 9.63. The number of nitrogens with zero attached hydrogens (tertiary/aromatic N) is 1. The summed E-state index contributed by atoms with van der Waals surface area (Å²) in [6.07, 6.45) is 0.822. The summed E-state index contributed by atoms with van der Waals surface area (Å²) in [6.45, 7) is 0.0180. The van der Waals surface area contributed by atoms with E-state index in [1.807, 2.05) is 24.3 Å². The van der Waals surface area contributed by atoms with E-state index in [2.05, 4.69) is 23.0 Å². The van der Waals surface area contributed by atoms with Gasteiger partial charge in [0.15, 0.2) is 0 Å². The minimum absolute atomic E-state index is 0.0180. The third-order valence-corrected chi connectivity index (χ3v) is 3.27. The lowest BCUT2D eigenvalue weighted by Gasteiger charge is -2.07. The summed E-state index contributed by atoms with van der Waals surface area (Å²) < 4.78 is 0. The van der Waals surface area contributed by atoms with Gasteiger partial charge < -0.3 is 4.84 Å². The second-order valence-electron chi connectivity index (χ2n) is 4.27. The lowest BCUT2D eigenvalue weighted by atomic mass is 10.0. The third kappa shape index (κ3) is 1.72. The van der Waals surface area contributed by atoms with Crippen LogP contribution in [0.2, 0.25) is 0 Å². The highest BCUT2D eigenvalue weighted by Crippen LogP contribution is 2.38. The molecule has 18 heavy (non-hydrogen) atoms. The molecule has 4 nitrogen and oxygen atoms in total. The first kappa shape index (κ1) is 10.8. The van der Waals surface area contributed by atoms with Gasteiger partial charge in [-0.25, -0.2) is 0 Å². The molecule has 2 aromatic carbocycles. The van der Waals surface area contributed by atoms with Crippen LogP contribution < -0.4 is 0 Å². The Balaban J connectivity index is 2.00. The third-order valence-electron chi connectivity index (χ3n) is 3.27. The van der Waals surface area contributed by atoms with E-state index in [0.717, 1.165) is 23.1 Å². The molecule has 0 amide bonds. The molecule has 90 valence electrons. The molecular weight excluding hydrogens is 230 g/mol. The molecule has 2 aromatic rings. The molecule has 0 bridgehead atoms. The maximum atomic E-state index is 10.3. The Labute approximate surface area is 104 Å². The SMILES string of the molecule is O=[N+]([O-])OCc1cccc2c1Cc1ccccc1-2. The maximum absolute atomic E-state index is 10.3. The zero-order valence-electron chi connectivity index (χ0n) is 9.63. The van der Waals surface area contributed by atoms with Gasteiger partial charge in [-0.3, -0.25) is 0 Å². The molecule has 0 spiro atoms. The predicted octanol–water partition coefficient (Wildman–Crippen LogP) is 2.97. The highest BCUT2D eigenvalue weighted by molar-refractivity contribution is 5.77. The van der Waals surface area contributed by atoms with Gasteiger partial charge in [0.25, 0.3) is 5.09 Å². The fraction of sp³-hybridized carbons (Fsp3) is 0.143. The van der Waals surface area contributed by atoms with Gasteiger partial charge in [0.05, 0.1) is 0 Å². The Hall–Kier alpha value is -2.36. The number of rotatable bonds is 3. The Kier molecular flexibility index (Phi) is 2.48. The van der Waals surface area contributed by atoms with Crippen molar-refractivity contribution in [1.82, 2.24) is 0 Å². The summed E-state index contributed by atoms with van der Waals surface area (Å²) in [5.41, 5.74) is 5.67.